The molecule has 8 heteroatoms. The second-order valence-electron chi connectivity index (χ2n) is 8.54. The van der Waals surface area contributed by atoms with Crippen LogP contribution in [0, 0.1) is 0 Å². The molecule has 1 saturated carbocycles. The number of rotatable bonds is 7. The Balaban J connectivity index is 1.42. The zero-order valence-electron chi connectivity index (χ0n) is 17.6. The Morgan fingerprint density at radius 1 is 1.13 bits per heavy atom. The fourth-order valence-corrected chi connectivity index (χ4v) is 7.99. The highest BCUT2D eigenvalue weighted by Crippen LogP contribution is 2.41. The molecule has 1 aliphatic heterocycles. The van der Waals surface area contributed by atoms with Gasteiger partial charge in [0.25, 0.3) is 10.0 Å². The van der Waals surface area contributed by atoms with Gasteiger partial charge in [0.05, 0.1) is 5.41 Å². The number of hydrogen-bond acceptors (Lipinski definition) is 4. The average molecular weight is 481 g/mol. The number of piperidine rings is 1. The van der Waals surface area contributed by atoms with E-state index in [-0.39, 0.29) is 11.9 Å². The van der Waals surface area contributed by atoms with E-state index in [0.29, 0.717) is 28.7 Å². The van der Waals surface area contributed by atoms with Gasteiger partial charge in [-0.25, -0.2) is 8.42 Å². The summed E-state index contributed by atoms with van der Waals surface area (Å²) in [6.45, 7) is 1.03. The SMILES string of the molecule is O=C(NCCC1CCCCN1S(=O)(=O)c1cccs1)C1(c2ccc(Cl)cc2)CCCC1. The smallest absolute Gasteiger partial charge is 0.252 e. The lowest BCUT2D eigenvalue weighted by Gasteiger charge is -2.35. The number of hydrogen-bond donors (Lipinski definition) is 1. The summed E-state index contributed by atoms with van der Waals surface area (Å²) in [6.07, 6.45) is 7.11. The number of sulfonamides is 1. The van der Waals surface area contributed by atoms with Gasteiger partial charge in [0.2, 0.25) is 5.91 Å². The monoisotopic (exact) mass is 480 g/mol. The number of benzene rings is 1. The minimum atomic E-state index is -3.47. The molecule has 2 fully saturated rings. The van der Waals surface area contributed by atoms with Crippen molar-refractivity contribution in [3.05, 3.63) is 52.4 Å². The lowest BCUT2D eigenvalue weighted by Crippen LogP contribution is -2.47. The minimum absolute atomic E-state index is 0.0517. The number of carbonyl (C=O) groups excluding carboxylic acids is 1. The Morgan fingerprint density at radius 2 is 1.87 bits per heavy atom. The first-order valence-electron chi connectivity index (χ1n) is 11.0. The van der Waals surface area contributed by atoms with E-state index in [1.165, 1.54) is 11.3 Å². The lowest BCUT2D eigenvalue weighted by molar-refractivity contribution is -0.126. The van der Waals surface area contributed by atoms with Crippen molar-refractivity contribution in [2.45, 2.75) is 67.0 Å². The van der Waals surface area contributed by atoms with Gasteiger partial charge in [0.15, 0.2) is 0 Å². The van der Waals surface area contributed by atoms with Crippen molar-refractivity contribution in [1.82, 2.24) is 9.62 Å². The van der Waals surface area contributed by atoms with Gasteiger partial charge in [-0.15, -0.1) is 11.3 Å². The predicted molar refractivity (Wildman–Crippen MR) is 125 cm³/mol. The number of amides is 1. The molecule has 2 aromatic rings. The van der Waals surface area contributed by atoms with Gasteiger partial charge in [0.1, 0.15) is 4.21 Å². The van der Waals surface area contributed by atoms with E-state index >= 15 is 0 Å². The number of thiophene rings is 1. The summed E-state index contributed by atoms with van der Waals surface area (Å²) < 4.78 is 28.2. The van der Waals surface area contributed by atoms with Crippen LogP contribution >= 0.6 is 22.9 Å². The molecular weight excluding hydrogens is 452 g/mol. The summed E-state index contributed by atoms with van der Waals surface area (Å²) in [5.74, 6) is 0.0517. The zero-order valence-corrected chi connectivity index (χ0v) is 19.9. The highest BCUT2D eigenvalue weighted by molar-refractivity contribution is 7.91. The van der Waals surface area contributed by atoms with Crippen LogP contribution in [0.2, 0.25) is 5.02 Å². The molecule has 168 valence electrons. The zero-order chi connectivity index (χ0) is 21.9. The molecule has 0 spiro atoms. The predicted octanol–water partition coefficient (Wildman–Crippen LogP) is 4.96. The van der Waals surface area contributed by atoms with Crippen molar-refractivity contribution >= 4 is 38.9 Å². The third-order valence-corrected chi connectivity index (χ3v) is 10.3. The molecule has 0 bridgehead atoms. The number of nitrogens with zero attached hydrogens (tertiary/aromatic N) is 1. The number of nitrogens with one attached hydrogen (secondary N) is 1. The van der Waals surface area contributed by atoms with Gasteiger partial charge >= 0.3 is 0 Å². The quantitative estimate of drug-likeness (QED) is 0.608. The summed E-state index contributed by atoms with van der Waals surface area (Å²) in [6, 6.07) is 11.0. The number of halogens is 1. The number of carbonyl (C=O) groups is 1. The van der Waals surface area contributed by atoms with Crippen LogP contribution in [-0.4, -0.2) is 37.8 Å². The molecule has 1 N–H and O–H groups in total. The van der Waals surface area contributed by atoms with Crippen LogP contribution in [0.3, 0.4) is 0 Å². The summed E-state index contributed by atoms with van der Waals surface area (Å²) in [4.78, 5) is 13.3. The van der Waals surface area contributed by atoms with Crippen LogP contribution in [0.15, 0.2) is 46.0 Å². The molecule has 1 saturated heterocycles. The molecule has 2 heterocycles. The van der Waals surface area contributed by atoms with Gasteiger partial charge in [-0.1, -0.05) is 49.1 Å². The van der Waals surface area contributed by atoms with Gasteiger partial charge in [-0.2, -0.15) is 4.31 Å². The van der Waals surface area contributed by atoms with Gasteiger partial charge in [0, 0.05) is 24.2 Å². The topological polar surface area (TPSA) is 66.5 Å². The fourth-order valence-electron chi connectivity index (χ4n) is 5.02. The van der Waals surface area contributed by atoms with Crippen molar-refractivity contribution in [1.29, 1.82) is 0 Å². The highest BCUT2D eigenvalue weighted by Gasteiger charge is 2.42. The maximum absolute atomic E-state index is 13.3. The van der Waals surface area contributed by atoms with Crippen LogP contribution in [0.25, 0.3) is 0 Å². The lowest BCUT2D eigenvalue weighted by atomic mass is 9.78. The van der Waals surface area contributed by atoms with Gasteiger partial charge in [-0.3, -0.25) is 4.79 Å². The van der Waals surface area contributed by atoms with E-state index in [1.807, 2.05) is 24.3 Å². The molecule has 31 heavy (non-hydrogen) atoms. The van der Waals surface area contributed by atoms with Crippen molar-refractivity contribution in [3.8, 4) is 0 Å². The second kappa shape index (κ2) is 9.61. The van der Waals surface area contributed by atoms with E-state index in [2.05, 4.69) is 5.32 Å². The molecule has 1 aromatic heterocycles. The van der Waals surface area contributed by atoms with Crippen molar-refractivity contribution < 1.29 is 13.2 Å². The summed E-state index contributed by atoms with van der Waals surface area (Å²) >= 11 is 7.31. The van der Waals surface area contributed by atoms with E-state index in [4.69, 9.17) is 11.6 Å². The Morgan fingerprint density at radius 3 is 2.55 bits per heavy atom. The van der Waals surface area contributed by atoms with Crippen LogP contribution in [0.5, 0.6) is 0 Å². The molecule has 0 radical (unpaired) electrons. The molecule has 1 aromatic carbocycles. The van der Waals surface area contributed by atoms with E-state index < -0.39 is 15.4 Å². The standard InChI is InChI=1S/C23H29ClN2O3S2/c24-19-10-8-18(9-11-19)23(13-2-3-14-23)22(27)25-15-12-20-6-1-4-16-26(20)31(28,29)21-7-5-17-30-21/h5,7-11,17,20H,1-4,6,12-16H2,(H,25,27). The summed E-state index contributed by atoms with van der Waals surface area (Å²) in [5, 5.41) is 5.61. The summed E-state index contributed by atoms with van der Waals surface area (Å²) in [5.41, 5.74) is 0.520. The van der Waals surface area contributed by atoms with Crippen LogP contribution in [-0.2, 0) is 20.2 Å². The fraction of sp³-hybridized carbons (Fsp3) is 0.522. The molecule has 1 unspecified atom stereocenters. The Bertz CT molecular complexity index is 984. The maximum atomic E-state index is 13.3. The largest absolute Gasteiger partial charge is 0.355 e. The first kappa shape index (κ1) is 22.8. The highest BCUT2D eigenvalue weighted by atomic mass is 35.5. The van der Waals surface area contributed by atoms with Gasteiger partial charge < -0.3 is 5.32 Å². The summed E-state index contributed by atoms with van der Waals surface area (Å²) in [7, 11) is -3.47. The Labute approximate surface area is 193 Å². The van der Waals surface area contributed by atoms with E-state index in [0.717, 1.165) is 50.5 Å². The first-order chi connectivity index (χ1) is 14.9. The van der Waals surface area contributed by atoms with Crippen LogP contribution < -0.4 is 5.32 Å². The first-order valence-corrected chi connectivity index (χ1v) is 13.7. The third-order valence-electron chi connectivity index (χ3n) is 6.68. The molecule has 1 amide bonds. The molecule has 1 atom stereocenters. The molecular formula is C23H29ClN2O3S2. The van der Waals surface area contributed by atoms with E-state index in [9.17, 15) is 13.2 Å². The normalized spacial score (nSPS) is 21.8. The van der Waals surface area contributed by atoms with Crippen LogP contribution in [0.4, 0.5) is 0 Å². The van der Waals surface area contributed by atoms with Crippen molar-refractivity contribution in [3.63, 3.8) is 0 Å². The van der Waals surface area contributed by atoms with Crippen LogP contribution in [0.1, 0.15) is 56.9 Å². The Hall–Kier alpha value is -1.41. The minimum Gasteiger partial charge on any atom is -0.355 e. The molecule has 5 nitrogen and oxygen atoms in total. The maximum Gasteiger partial charge on any atom is 0.252 e. The van der Waals surface area contributed by atoms with E-state index in [1.54, 1.807) is 21.8 Å². The van der Waals surface area contributed by atoms with Crippen molar-refractivity contribution in [2.24, 2.45) is 0 Å². The molecule has 4 rings (SSSR count). The van der Waals surface area contributed by atoms with Gasteiger partial charge in [-0.05, 0) is 61.2 Å². The van der Waals surface area contributed by atoms with Crippen molar-refractivity contribution in [2.75, 3.05) is 13.1 Å². The molecule has 1 aliphatic carbocycles. The Kier molecular flexibility index (Phi) is 7.06. The molecule has 2 aliphatic rings. The second-order valence-corrected chi connectivity index (χ2v) is 12.0. The third kappa shape index (κ3) is 4.70. The average Bonchev–Trinajstić information content (AvgIpc) is 3.48.